The molecule has 29 heavy (non-hydrogen) atoms. The minimum Gasteiger partial charge on any atom is -0.505 e. The summed E-state index contributed by atoms with van der Waals surface area (Å²) in [6.07, 6.45) is 1.42. The number of benzene rings is 3. The summed E-state index contributed by atoms with van der Waals surface area (Å²) in [5, 5.41) is 12.5. The van der Waals surface area contributed by atoms with E-state index in [1.54, 1.807) is 48.5 Å². The third-order valence-electron chi connectivity index (χ3n) is 4.40. The molecule has 1 aliphatic heterocycles. The van der Waals surface area contributed by atoms with E-state index in [4.69, 9.17) is 23.2 Å². The van der Waals surface area contributed by atoms with Crippen molar-refractivity contribution in [1.29, 1.82) is 0 Å². The zero-order chi connectivity index (χ0) is 20.5. The van der Waals surface area contributed by atoms with E-state index >= 15 is 0 Å². The number of amides is 2. The molecule has 0 aromatic heterocycles. The number of hydrazine groups is 1. The molecule has 7 heteroatoms. The number of hydrogen-bond donors (Lipinski definition) is 1. The molecule has 0 aliphatic carbocycles. The van der Waals surface area contributed by atoms with Crippen LogP contribution >= 0.6 is 23.2 Å². The van der Waals surface area contributed by atoms with E-state index < -0.39 is 11.8 Å². The predicted molar refractivity (Wildman–Crippen MR) is 114 cm³/mol. The fraction of sp³-hybridized carbons (Fsp3) is 0. The Bertz CT molecular complexity index is 1050. The fourth-order valence-electron chi connectivity index (χ4n) is 3.06. The Hall–Kier alpha value is -3.28. The highest BCUT2D eigenvalue weighted by atomic mass is 35.5. The van der Waals surface area contributed by atoms with Crippen molar-refractivity contribution >= 4 is 52.5 Å². The lowest BCUT2D eigenvalue weighted by molar-refractivity contribution is -0.116. The van der Waals surface area contributed by atoms with Gasteiger partial charge in [-0.3, -0.25) is 9.59 Å². The molecular formula is C22H14Cl2N2O3. The summed E-state index contributed by atoms with van der Waals surface area (Å²) in [5.74, 6) is -1.22. The molecule has 2 amide bonds. The van der Waals surface area contributed by atoms with Crippen LogP contribution in [-0.4, -0.2) is 16.9 Å². The lowest BCUT2D eigenvalue weighted by atomic mass is 10.1. The number of anilines is 2. The van der Waals surface area contributed by atoms with E-state index in [1.807, 2.05) is 12.1 Å². The van der Waals surface area contributed by atoms with Gasteiger partial charge in [-0.05, 0) is 48.0 Å². The molecule has 0 bridgehead atoms. The first-order chi connectivity index (χ1) is 14.0. The number of carbonyl (C=O) groups is 2. The fourth-order valence-corrected chi connectivity index (χ4v) is 3.57. The van der Waals surface area contributed by atoms with Crippen LogP contribution in [0.15, 0.2) is 78.4 Å². The Morgan fingerprint density at radius 2 is 1.14 bits per heavy atom. The monoisotopic (exact) mass is 424 g/mol. The minimum atomic E-state index is -0.481. The number of carbonyl (C=O) groups excluding carboxylic acids is 2. The second-order valence-electron chi connectivity index (χ2n) is 6.30. The molecule has 3 aromatic rings. The van der Waals surface area contributed by atoms with Crippen molar-refractivity contribution in [2.45, 2.75) is 0 Å². The Morgan fingerprint density at radius 1 is 0.724 bits per heavy atom. The van der Waals surface area contributed by atoms with Crippen molar-refractivity contribution in [3.63, 3.8) is 0 Å². The summed E-state index contributed by atoms with van der Waals surface area (Å²) in [4.78, 5) is 26.4. The second-order valence-corrected chi connectivity index (χ2v) is 7.11. The van der Waals surface area contributed by atoms with Crippen LogP contribution in [-0.2, 0) is 9.59 Å². The van der Waals surface area contributed by atoms with E-state index in [1.165, 1.54) is 28.2 Å². The van der Waals surface area contributed by atoms with E-state index in [0.717, 1.165) is 0 Å². The molecule has 1 aliphatic rings. The molecule has 144 valence electrons. The molecule has 0 saturated carbocycles. The van der Waals surface area contributed by atoms with Crippen LogP contribution in [0.4, 0.5) is 11.4 Å². The summed E-state index contributed by atoms with van der Waals surface area (Å²) < 4.78 is 0. The number of phenols is 1. The summed E-state index contributed by atoms with van der Waals surface area (Å²) in [5.41, 5.74) is 1.49. The maximum atomic E-state index is 13.2. The van der Waals surface area contributed by atoms with E-state index in [2.05, 4.69) is 0 Å². The lowest BCUT2D eigenvalue weighted by Crippen LogP contribution is -2.41. The van der Waals surface area contributed by atoms with E-state index in [9.17, 15) is 14.7 Å². The number of rotatable bonds is 3. The van der Waals surface area contributed by atoms with Gasteiger partial charge in [0, 0.05) is 0 Å². The molecule has 1 N–H and O–H groups in total. The average molecular weight is 425 g/mol. The molecule has 4 rings (SSSR count). The molecule has 3 aromatic carbocycles. The highest BCUT2D eigenvalue weighted by Gasteiger charge is 2.42. The SMILES string of the molecule is O=C1C(=Cc2cc(Cl)c(O)c(Cl)c2)C(=O)N(c2ccccc2)N1c1ccccc1. The first-order valence-electron chi connectivity index (χ1n) is 8.66. The summed E-state index contributed by atoms with van der Waals surface area (Å²) >= 11 is 11.9. The Morgan fingerprint density at radius 3 is 1.55 bits per heavy atom. The number of hydrogen-bond acceptors (Lipinski definition) is 3. The molecule has 0 unspecified atom stereocenters. The maximum Gasteiger partial charge on any atom is 0.283 e. The normalized spacial score (nSPS) is 13.9. The van der Waals surface area contributed by atoms with Gasteiger partial charge in [0.2, 0.25) is 0 Å². The molecule has 1 heterocycles. The van der Waals surface area contributed by atoms with Gasteiger partial charge in [-0.25, -0.2) is 10.0 Å². The number of aromatic hydroxyl groups is 1. The highest BCUT2D eigenvalue weighted by molar-refractivity contribution is 6.39. The van der Waals surface area contributed by atoms with Gasteiger partial charge in [-0.15, -0.1) is 0 Å². The van der Waals surface area contributed by atoms with Crippen LogP contribution in [0.5, 0.6) is 5.75 Å². The van der Waals surface area contributed by atoms with Gasteiger partial charge in [0.25, 0.3) is 11.8 Å². The Labute approximate surface area is 177 Å². The molecule has 0 atom stereocenters. The van der Waals surface area contributed by atoms with Crippen LogP contribution in [0.25, 0.3) is 6.08 Å². The topological polar surface area (TPSA) is 60.9 Å². The van der Waals surface area contributed by atoms with Gasteiger partial charge >= 0.3 is 0 Å². The Kier molecular flexibility index (Phi) is 5.01. The average Bonchev–Trinajstić information content (AvgIpc) is 2.98. The quantitative estimate of drug-likeness (QED) is 0.471. The predicted octanol–water partition coefficient (Wildman–Crippen LogP) is 5.08. The zero-order valence-electron chi connectivity index (χ0n) is 14.9. The highest BCUT2D eigenvalue weighted by Crippen LogP contribution is 2.35. The summed E-state index contributed by atoms with van der Waals surface area (Å²) in [6, 6.07) is 20.7. The van der Waals surface area contributed by atoms with Gasteiger partial charge in [-0.1, -0.05) is 59.6 Å². The first-order valence-corrected chi connectivity index (χ1v) is 9.41. The standard InChI is InChI=1S/C22H14Cl2N2O3/c23-18-12-14(13-19(24)20(18)27)11-17-21(28)25(15-7-3-1-4-8-15)26(22(17)29)16-9-5-2-6-10-16/h1-13,27H. The third kappa shape index (κ3) is 3.46. The maximum absolute atomic E-state index is 13.2. The lowest BCUT2D eigenvalue weighted by Gasteiger charge is -2.27. The number of halogens is 2. The smallest absolute Gasteiger partial charge is 0.283 e. The van der Waals surface area contributed by atoms with Crippen LogP contribution in [0.1, 0.15) is 5.56 Å². The largest absolute Gasteiger partial charge is 0.505 e. The van der Waals surface area contributed by atoms with Gasteiger partial charge in [0.15, 0.2) is 5.75 Å². The molecule has 1 saturated heterocycles. The third-order valence-corrected chi connectivity index (χ3v) is 4.97. The van der Waals surface area contributed by atoms with Crippen LogP contribution in [0.2, 0.25) is 10.0 Å². The summed E-state index contributed by atoms with van der Waals surface area (Å²) in [7, 11) is 0. The Balaban J connectivity index is 1.85. The first kappa shape index (κ1) is 19.1. The molecular weight excluding hydrogens is 411 g/mol. The minimum absolute atomic E-state index is 0.0297. The molecule has 0 spiro atoms. The van der Waals surface area contributed by atoms with Crippen molar-refractivity contribution in [3.05, 3.63) is 94.0 Å². The zero-order valence-corrected chi connectivity index (χ0v) is 16.4. The van der Waals surface area contributed by atoms with Crippen LogP contribution < -0.4 is 10.0 Å². The van der Waals surface area contributed by atoms with Crippen molar-refractivity contribution in [2.24, 2.45) is 0 Å². The van der Waals surface area contributed by atoms with E-state index in [-0.39, 0.29) is 21.4 Å². The second kappa shape index (κ2) is 7.62. The van der Waals surface area contributed by atoms with Crippen molar-refractivity contribution in [1.82, 2.24) is 0 Å². The van der Waals surface area contributed by atoms with Crippen molar-refractivity contribution in [2.75, 3.05) is 10.0 Å². The van der Waals surface area contributed by atoms with Gasteiger partial charge in [0.1, 0.15) is 5.57 Å². The summed E-state index contributed by atoms with van der Waals surface area (Å²) in [6.45, 7) is 0. The molecule has 5 nitrogen and oxygen atoms in total. The van der Waals surface area contributed by atoms with Crippen molar-refractivity contribution < 1.29 is 14.7 Å². The molecule has 1 fully saturated rings. The number of nitrogens with zero attached hydrogens (tertiary/aromatic N) is 2. The van der Waals surface area contributed by atoms with Crippen molar-refractivity contribution in [3.8, 4) is 5.75 Å². The van der Waals surface area contributed by atoms with E-state index in [0.29, 0.717) is 16.9 Å². The van der Waals surface area contributed by atoms with Crippen LogP contribution in [0, 0.1) is 0 Å². The van der Waals surface area contributed by atoms with Gasteiger partial charge in [0.05, 0.1) is 21.4 Å². The van der Waals surface area contributed by atoms with Crippen LogP contribution in [0.3, 0.4) is 0 Å². The van der Waals surface area contributed by atoms with Gasteiger partial charge in [-0.2, -0.15) is 0 Å². The number of para-hydroxylation sites is 2. The number of phenolic OH excluding ortho intramolecular Hbond substituents is 1. The van der Waals surface area contributed by atoms with Gasteiger partial charge < -0.3 is 5.11 Å². The molecule has 0 radical (unpaired) electrons.